The Kier molecular flexibility index (Phi) is 7.63. The summed E-state index contributed by atoms with van der Waals surface area (Å²) in [4.78, 5) is 16.0. The molecule has 0 unspecified atom stereocenters. The van der Waals surface area contributed by atoms with E-state index >= 15 is 0 Å². The van der Waals surface area contributed by atoms with Gasteiger partial charge in [0.1, 0.15) is 0 Å². The quantitative estimate of drug-likeness (QED) is 0.475. The highest BCUT2D eigenvalue weighted by molar-refractivity contribution is 14.1. The molecule has 0 aliphatic rings. The molecule has 0 aliphatic carbocycles. The molecule has 0 saturated carbocycles. The predicted molar refractivity (Wildman–Crippen MR) is 67.3 cm³/mol. The third kappa shape index (κ3) is 6.64. The smallest absolute Gasteiger partial charge is 0.248 e. The molecule has 0 aromatic carbocycles. The van der Waals surface area contributed by atoms with Crippen LogP contribution in [0.25, 0.3) is 0 Å². The minimum Gasteiger partial charge on any atom is -0.388 e. The fraction of sp³-hybridized carbons (Fsp3) is 0.500. The standard InChI is InChI=1S/C10H16INO3/c1-8(7-11)4-5-9(13)6-10(14)12(2)15-3/h4-5,7,9,13H,6H2,1-3H3/b5-4+,8-7+/t9-/m0/s1. The molecule has 1 amide bonds. The zero-order valence-corrected chi connectivity index (χ0v) is 11.3. The Hall–Kier alpha value is -0.400. The first-order valence-corrected chi connectivity index (χ1v) is 5.69. The van der Waals surface area contributed by atoms with Gasteiger partial charge in [-0.1, -0.05) is 34.7 Å². The lowest BCUT2D eigenvalue weighted by Gasteiger charge is -2.14. The molecule has 0 aromatic heterocycles. The van der Waals surface area contributed by atoms with Gasteiger partial charge >= 0.3 is 0 Å². The van der Waals surface area contributed by atoms with Crippen LogP contribution in [0.3, 0.4) is 0 Å². The molecule has 0 heterocycles. The predicted octanol–water partition coefficient (Wildman–Crippen LogP) is 1.65. The molecule has 1 atom stereocenters. The third-order valence-electron chi connectivity index (χ3n) is 1.76. The van der Waals surface area contributed by atoms with Gasteiger partial charge in [-0.2, -0.15) is 0 Å². The van der Waals surface area contributed by atoms with Crippen molar-refractivity contribution in [3.63, 3.8) is 0 Å². The van der Waals surface area contributed by atoms with Gasteiger partial charge in [0.2, 0.25) is 5.91 Å². The van der Waals surface area contributed by atoms with Crippen LogP contribution in [0, 0.1) is 0 Å². The Morgan fingerprint density at radius 2 is 2.27 bits per heavy atom. The fourth-order valence-electron chi connectivity index (χ4n) is 0.777. The van der Waals surface area contributed by atoms with E-state index in [0.717, 1.165) is 10.6 Å². The van der Waals surface area contributed by atoms with Gasteiger partial charge in [0.15, 0.2) is 0 Å². The molecule has 0 aromatic rings. The van der Waals surface area contributed by atoms with Gasteiger partial charge in [-0.3, -0.25) is 9.63 Å². The second kappa shape index (κ2) is 7.84. The van der Waals surface area contributed by atoms with Crippen molar-refractivity contribution < 1.29 is 14.7 Å². The van der Waals surface area contributed by atoms with E-state index in [2.05, 4.69) is 22.6 Å². The molecule has 1 N–H and O–H groups in total. The van der Waals surface area contributed by atoms with E-state index in [1.165, 1.54) is 14.2 Å². The Balaban J connectivity index is 4.09. The fourth-order valence-corrected chi connectivity index (χ4v) is 0.984. The van der Waals surface area contributed by atoms with Crippen molar-refractivity contribution in [3.05, 3.63) is 21.8 Å². The van der Waals surface area contributed by atoms with Crippen LogP contribution in [0.15, 0.2) is 21.8 Å². The van der Waals surface area contributed by atoms with Crippen molar-refractivity contribution in [1.82, 2.24) is 5.06 Å². The van der Waals surface area contributed by atoms with Crippen molar-refractivity contribution in [3.8, 4) is 0 Å². The number of hydrogen-bond acceptors (Lipinski definition) is 3. The summed E-state index contributed by atoms with van der Waals surface area (Å²) < 4.78 is 1.89. The van der Waals surface area contributed by atoms with Crippen LogP contribution in [0.1, 0.15) is 13.3 Å². The van der Waals surface area contributed by atoms with Gasteiger partial charge < -0.3 is 5.11 Å². The van der Waals surface area contributed by atoms with Crippen molar-refractivity contribution in [1.29, 1.82) is 0 Å². The SMILES string of the molecule is CON(C)C(=O)C[C@@H](O)/C=C/C(C)=C/I. The topological polar surface area (TPSA) is 49.8 Å². The van der Waals surface area contributed by atoms with Crippen molar-refractivity contribution in [2.24, 2.45) is 0 Å². The zero-order chi connectivity index (χ0) is 11.8. The maximum absolute atomic E-state index is 11.3. The third-order valence-corrected chi connectivity index (χ3v) is 2.74. The highest BCUT2D eigenvalue weighted by Crippen LogP contribution is 2.03. The lowest BCUT2D eigenvalue weighted by Crippen LogP contribution is -2.28. The number of allylic oxidation sites excluding steroid dienone is 2. The molecule has 0 rings (SSSR count). The zero-order valence-electron chi connectivity index (χ0n) is 9.11. The number of rotatable bonds is 5. The van der Waals surface area contributed by atoms with Gasteiger partial charge in [0, 0.05) is 7.05 Å². The molecule has 86 valence electrons. The second-order valence-electron chi connectivity index (χ2n) is 3.06. The Morgan fingerprint density at radius 3 is 2.73 bits per heavy atom. The van der Waals surface area contributed by atoms with E-state index in [0.29, 0.717) is 0 Å². The second-order valence-corrected chi connectivity index (χ2v) is 3.68. The molecule has 0 saturated heterocycles. The lowest BCUT2D eigenvalue weighted by atomic mass is 10.2. The van der Waals surface area contributed by atoms with Gasteiger partial charge in [0.25, 0.3) is 0 Å². The molecule has 0 aliphatic heterocycles. The number of aliphatic hydroxyl groups excluding tert-OH is 1. The summed E-state index contributed by atoms with van der Waals surface area (Å²) in [5.41, 5.74) is 1.03. The molecular weight excluding hydrogens is 309 g/mol. The largest absolute Gasteiger partial charge is 0.388 e. The van der Waals surface area contributed by atoms with E-state index in [-0.39, 0.29) is 12.3 Å². The minimum absolute atomic E-state index is 0.0232. The molecule has 5 heteroatoms. The molecule has 4 nitrogen and oxygen atoms in total. The Labute approximate surface area is 104 Å². The van der Waals surface area contributed by atoms with Gasteiger partial charge in [0.05, 0.1) is 19.6 Å². The summed E-state index contributed by atoms with van der Waals surface area (Å²) in [6.45, 7) is 1.92. The Morgan fingerprint density at radius 1 is 1.67 bits per heavy atom. The van der Waals surface area contributed by atoms with Crippen LogP contribution < -0.4 is 0 Å². The van der Waals surface area contributed by atoms with E-state index < -0.39 is 6.10 Å². The van der Waals surface area contributed by atoms with E-state index in [1.807, 2.05) is 11.0 Å². The van der Waals surface area contributed by atoms with E-state index in [1.54, 1.807) is 12.2 Å². The van der Waals surface area contributed by atoms with Crippen LogP contribution in [0.4, 0.5) is 0 Å². The molecule has 0 radical (unpaired) electrons. The summed E-state index contributed by atoms with van der Waals surface area (Å²) in [6, 6.07) is 0. The number of nitrogens with zero attached hydrogens (tertiary/aromatic N) is 1. The first-order chi connectivity index (χ1) is 7.01. The number of aliphatic hydroxyl groups is 1. The maximum atomic E-state index is 11.3. The monoisotopic (exact) mass is 325 g/mol. The summed E-state index contributed by atoms with van der Waals surface area (Å²) in [5, 5.41) is 10.6. The molecule has 15 heavy (non-hydrogen) atoms. The lowest BCUT2D eigenvalue weighted by molar-refractivity contribution is -0.170. The van der Waals surface area contributed by atoms with Crippen molar-refractivity contribution >= 4 is 28.5 Å². The van der Waals surface area contributed by atoms with Crippen LogP contribution >= 0.6 is 22.6 Å². The summed E-state index contributed by atoms with van der Waals surface area (Å²) in [6.07, 6.45) is 2.61. The Bertz CT molecular complexity index is 263. The molecule has 0 spiro atoms. The summed E-state index contributed by atoms with van der Waals surface area (Å²) in [7, 11) is 2.91. The van der Waals surface area contributed by atoms with Crippen LogP contribution in [-0.2, 0) is 9.63 Å². The highest BCUT2D eigenvalue weighted by atomic mass is 127. The number of hydroxylamine groups is 2. The average molecular weight is 325 g/mol. The average Bonchev–Trinajstić information content (AvgIpc) is 2.24. The van der Waals surface area contributed by atoms with Gasteiger partial charge in [-0.25, -0.2) is 5.06 Å². The van der Waals surface area contributed by atoms with E-state index in [9.17, 15) is 9.90 Å². The number of carbonyl (C=O) groups excluding carboxylic acids is 1. The van der Waals surface area contributed by atoms with Crippen LogP contribution in [0.2, 0.25) is 0 Å². The summed E-state index contributed by atoms with van der Waals surface area (Å²) >= 11 is 2.11. The minimum atomic E-state index is -0.776. The van der Waals surface area contributed by atoms with Crippen LogP contribution in [-0.4, -0.2) is 36.3 Å². The number of amides is 1. The van der Waals surface area contributed by atoms with Gasteiger partial charge in [-0.15, -0.1) is 0 Å². The highest BCUT2D eigenvalue weighted by Gasteiger charge is 2.11. The van der Waals surface area contributed by atoms with E-state index in [4.69, 9.17) is 4.84 Å². The van der Waals surface area contributed by atoms with Crippen molar-refractivity contribution in [2.45, 2.75) is 19.4 Å². The van der Waals surface area contributed by atoms with Crippen molar-refractivity contribution in [2.75, 3.05) is 14.2 Å². The number of halogens is 1. The molecule has 0 bridgehead atoms. The molecular formula is C10H16INO3. The normalized spacial score (nSPS) is 14.3. The summed E-state index contributed by atoms with van der Waals surface area (Å²) in [5.74, 6) is -0.259. The van der Waals surface area contributed by atoms with Gasteiger partial charge in [-0.05, 0) is 16.6 Å². The maximum Gasteiger partial charge on any atom is 0.248 e. The first-order valence-electron chi connectivity index (χ1n) is 4.45. The first kappa shape index (κ1) is 14.6. The number of carbonyl (C=O) groups is 1. The number of hydrogen-bond donors (Lipinski definition) is 1. The van der Waals surface area contributed by atoms with Crippen LogP contribution in [0.5, 0.6) is 0 Å². The molecule has 0 fully saturated rings.